The number of carbonyl (C=O) groups is 1. The van der Waals surface area contributed by atoms with Crippen molar-refractivity contribution in [2.75, 3.05) is 0 Å². The Labute approximate surface area is 135 Å². The maximum absolute atomic E-state index is 11.9. The fraction of sp³-hybridized carbons (Fsp3) is 0.812. The summed E-state index contributed by atoms with van der Waals surface area (Å²) in [6.07, 6.45) is 9.75. The van der Waals surface area contributed by atoms with Gasteiger partial charge in [-0.1, -0.05) is 64.9 Å². The van der Waals surface area contributed by atoms with E-state index in [4.69, 9.17) is 0 Å². The van der Waals surface area contributed by atoms with Crippen molar-refractivity contribution in [3.05, 3.63) is 12.2 Å². The maximum atomic E-state index is 11.9. The lowest BCUT2D eigenvalue weighted by molar-refractivity contribution is -0.124. The van der Waals surface area contributed by atoms with Crippen molar-refractivity contribution in [1.82, 2.24) is 4.31 Å². The van der Waals surface area contributed by atoms with Gasteiger partial charge in [0, 0.05) is 11.6 Å². The first-order valence-corrected chi connectivity index (χ1v) is 9.58. The lowest BCUT2D eigenvalue weighted by atomic mass is 10.1. The van der Waals surface area contributed by atoms with E-state index in [9.17, 15) is 17.8 Å². The molecule has 0 saturated carbocycles. The maximum Gasteiger partial charge on any atom is 0.362 e. The third-order valence-corrected chi connectivity index (χ3v) is 4.71. The molecule has 6 heteroatoms. The van der Waals surface area contributed by atoms with Crippen LogP contribution in [-0.4, -0.2) is 29.2 Å². The van der Waals surface area contributed by atoms with Gasteiger partial charge in [-0.05, 0) is 20.3 Å². The summed E-state index contributed by atoms with van der Waals surface area (Å²) in [6, 6.07) is -0.556. The van der Waals surface area contributed by atoms with Crippen LogP contribution >= 0.6 is 0 Å². The Morgan fingerprint density at radius 2 is 1.55 bits per heavy atom. The minimum absolute atomic E-state index is 0.0976. The molecule has 5 nitrogen and oxygen atoms in total. The van der Waals surface area contributed by atoms with Crippen molar-refractivity contribution in [3.8, 4) is 0 Å². The van der Waals surface area contributed by atoms with Crippen LogP contribution in [0.15, 0.2) is 12.2 Å². The van der Waals surface area contributed by atoms with Crippen molar-refractivity contribution in [3.63, 3.8) is 0 Å². The second kappa shape index (κ2) is 10.8. The van der Waals surface area contributed by atoms with Crippen LogP contribution in [0.3, 0.4) is 0 Å². The van der Waals surface area contributed by atoms with E-state index in [0.29, 0.717) is 10.7 Å². The zero-order valence-electron chi connectivity index (χ0n) is 14.2. The van der Waals surface area contributed by atoms with Gasteiger partial charge in [-0.2, -0.15) is 8.42 Å². The highest BCUT2D eigenvalue weighted by atomic mass is 32.2. The average Bonchev–Trinajstić information content (AvgIpc) is 2.40. The van der Waals surface area contributed by atoms with Crippen LogP contribution < -0.4 is 0 Å². The van der Waals surface area contributed by atoms with Gasteiger partial charge in [0.1, 0.15) is 0 Å². The zero-order chi connectivity index (χ0) is 17.2. The van der Waals surface area contributed by atoms with Crippen LogP contribution in [0.4, 0.5) is 0 Å². The highest BCUT2D eigenvalue weighted by Crippen LogP contribution is 2.17. The van der Waals surface area contributed by atoms with Gasteiger partial charge >= 0.3 is 10.3 Å². The Morgan fingerprint density at radius 3 is 1.95 bits per heavy atom. The molecule has 0 aromatic heterocycles. The van der Waals surface area contributed by atoms with Crippen LogP contribution in [0, 0.1) is 0 Å². The summed E-state index contributed by atoms with van der Waals surface area (Å²) >= 11 is 0. The second-order valence-corrected chi connectivity index (χ2v) is 7.26. The summed E-state index contributed by atoms with van der Waals surface area (Å²) in [5.74, 6) is -0.741. The van der Waals surface area contributed by atoms with Crippen molar-refractivity contribution >= 4 is 16.2 Å². The van der Waals surface area contributed by atoms with Crippen LogP contribution in [0.2, 0.25) is 0 Å². The Balaban J connectivity index is 4.18. The predicted octanol–water partition coefficient (Wildman–Crippen LogP) is 4.11. The minimum Gasteiger partial charge on any atom is -0.269 e. The molecule has 1 N–H and O–H groups in total. The molecular weight excluding hydrogens is 302 g/mol. The summed E-state index contributed by atoms with van der Waals surface area (Å²) in [7, 11) is -4.54. The molecule has 0 saturated heterocycles. The molecule has 0 bridgehead atoms. The summed E-state index contributed by atoms with van der Waals surface area (Å²) in [4.78, 5) is 11.9. The highest BCUT2D eigenvalue weighted by molar-refractivity contribution is 7.84. The van der Waals surface area contributed by atoms with Crippen molar-refractivity contribution < 1.29 is 17.8 Å². The highest BCUT2D eigenvalue weighted by Gasteiger charge is 2.30. The number of hydrogen-bond donors (Lipinski definition) is 1. The zero-order valence-corrected chi connectivity index (χ0v) is 15.0. The fourth-order valence-electron chi connectivity index (χ4n) is 2.41. The molecule has 1 amide bonds. The van der Waals surface area contributed by atoms with Crippen molar-refractivity contribution in [2.45, 2.75) is 84.6 Å². The van der Waals surface area contributed by atoms with Gasteiger partial charge in [-0.3, -0.25) is 9.35 Å². The molecule has 0 rings (SSSR count). The van der Waals surface area contributed by atoms with Gasteiger partial charge in [0.2, 0.25) is 0 Å². The second-order valence-electron chi connectivity index (χ2n) is 5.97. The van der Waals surface area contributed by atoms with E-state index in [1.807, 2.05) is 0 Å². The van der Waals surface area contributed by atoms with Gasteiger partial charge in [-0.15, -0.1) is 0 Å². The molecule has 0 heterocycles. The van der Waals surface area contributed by atoms with E-state index in [1.165, 1.54) is 39.0 Å². The van der Waals surface area contributed by atoms with E-state index in [0.717, 1.165) is 19.3 Å². The number of unbranched alkanes of at least 4 members (excludes halogenated alkanes) is 7. The Kier molecular flexibility index (Phi) is 10.3. The minimum atomic E-state index is -4.54. The molecule has 0 aliphatic heterocycles. The predicted molar refractivity (Wildman–Crippen MR) is 89.9 cm³/mol. The third-order valence-electron chi connectivity index (χ3n) is 3.69. The first kappa shape index (κ1) is 21.1. The van der Waals surface area contributed by atoms with Crippen LogP contribution in [-0.2, 0) is 15.1 Å². The van der Waals surface area contributed by atoms with Gasteiger partial charge in [0.15, 0.2) is 0 Å². The molecule has 22 heavy (non-hydrogen) atoms. The van der Waals surface area contributed by atoms with E-state index in [2.05, 4.69) is 13.5 Å². The van der Waals surface area contributed by atoms with Crippen LogP contribution in [0.5, 0.6) is 0 Å². The lowest BCUT2D eigenvalue weighted by Crippen LogP contribution is -2.43. The molecule has 0 aliphatic rings. The third kappa shape index (κ3) is 8.54. The number of carbonyl (C=O) groups excluding carboxylic acids is 1. The molecule has 1 atom stereocenters. The largest absolute Gasteiger partial charge is 0.362 e. The molecule has 1 unspecified atom stereocenters. The smallest absolute Gasteiger partial charge is 0.269 e. The van der Waals surface area contributed by atoms with Crippen LogP contribution in [0.25, 0.3) is 0 Å². The van der Waals surface area contributed by atoms with E-state index < -0.39 is 22.3 Å². The number of rotatable bonds is 12. The van der Waals surface area contributed by atoms with Gasteiger partial charge in [0.25, 0.3) is 5.91 Å². The van der Waals surface area contributed by atoms with Crippen molar-refractivity contribution in [1.29, 1.82) is 0 Å². The van der Waals surface area contributed by atoms with E-state index >= 15 is 0 Å². The molecular formula is C16H31NO4S. The summed E-state index contributed by atoms with van der Waals surface area (Å²) < 4.78 is 32.5. The molecule has 0 spiro atoms. The Hall–Kier alpha value is -0.880. The average molecular weight is 333 g/mol. The first-order chi connectivity index (χ1) is 10.2. The quantitative estimate of drug-likeness (QED) is 0.331. The van der Waals surface area contributed by atoms with Crippen LogP contribution in [0.1, 0.15) is 78.6 Å². The topological polar surface area (TPSA) is 74.7 Å². The molecule has 130 valence electrons. The van der Waals surface area contributed by atoms with Gasteiger partial charge in [-0.25, -0.2) is 4.31 Å². The molecule has 0 aromatic carbocycles. The number of amides is 1. The SMILES string of the molecule is C=C(C)C(=O)N(C(C)CCCCCCCCCC)S(=O)(=O)O. The van der Waals surface area contributed by atoms with Crippen molar-refractivity contribution in [2.24, 2.45) is 0 Å². The number of hydrogen-bond acceptors (Lipinski definition) is 3. The first-order valence-electron chi connectivity index (χ1n) is 8.18. The van der Waals surface area contributed by atoms with E-state index in [1.54, 1.807) is 6.92 Å². The molecule has 0 aliphatic carbocycles. The summed E-state index contributed by atoms with van der Waals surface area (Å²) in [6.45, 7) is 8.71. The summed E-state index contributed by atoms with van der Waals surface area (Å²) in [5, 5.41) is 0. The molecule has 0 radical (unpaired) electrons. The van der Waals surface area contributed by atoms with Gasteiger partial charge in [0.05, 0.1) is 0 Å². The normalized spacial score (nSPS) is 12.9. The standard InChI is InChI=1S/C16H31NO4S/c1-5-6-7-8-9-10-11-12-13-15(4)17(22(19,20)21)16(18)14(2)3/h15H,2,5-13H2,1,3-4H3,(H,19,20,21). The molecule has 0 fully saturated rings. The number of nitrogens with zero attached hydrogens (tertiary/aromatic N) is 1. The Bertz CT molecular complexity index is 445. The van der Waals surface area contributed by atoms with Gasteiger partial charge < -0.3 is 0 Å². The lowest BCUT2D eigenvalue weighted by Gasteiger charge is -2.25. The molecule has 0 aromatic rings. The monoisotopic (exact) mass is 333 g/mol. The fourth-order valence-corrected chi connectivity index (χ4v) is 3.34. The van der Waals surface area contributed by atoms with E-state index in [-0.39, 0.29) is 5.57 Å². The summed E-state index contributed by atoms with van der Waals surface area (Å²) in [5.41, 5.74) is 0.0976. The Morgan fingerprint density at radius 1 is 1.09 bits per heavy atom.